The molecule has 10 nitrogen and oxygen atoms in total. The minimum atomic E-state index is -1.26. The molecule has 1 aliphatic heterocycles. The molecular weight excluding hydrogens is 430 g/mol. The van der Waals surface area contributed by atoms with Gasteiger partial charge in [-0.1, -0.05) is 44.2 Å². The maximum Gasteiger partial charge on any atom is 0.413 e. The lowest BCUT2D eigenvalue weighted by molar-refractivity contribution is -0.141. The van der Waals surface area contributed by atoms with Crippen LogP contribution in [-0.2, 0) is 24.5 Å². The van der Waals surface area contributed by atoms with Gasteiger partial charge in [-0.15, -0.1) is 0 Å². The Kier molecular flexibility index (Phi) is 7.17. The Morgan fingerprint density at radius 3 is 2.55 bits per heavy atom. The summed E-state index contributed by atoms with van der Waals surface area (Å²) < 4.78 is 15.2. The standard InChI is InChI=1S/C23H27N3O7/c1-23(2,14-7-5-4-6-8-14)11-16(25-22(30)33-15-9-10-31-12-15)21(29)26(3)18-17(27)13-32-19(18)20(24)28/h4-10,12,16,18-19H,11,13H2,1-3H3,(H2,24,28)(H,25,30)/t16-,18?,19?/m0/s1. The Balaban J connectivity index is 1.84. The van der Waals surface area contributed by atoms with Crippen LogP contribution < -0.4 is 15.8 Å². The summed E-state index contributed by atoms with van der Waals surface area (Å²) in [5.41, 5.74) is 5.76. The van der Waals surface area contributed by atoms with E-state index in [0.717, 1.165) is 10.5 Å². The number of hydrogen-bond donors (Lipinski definition) is 2. The number of benzene rings is 1. The van der Waals surface area contributed by atoms with Crippen LogP contribution in [0.2, 0.25) is 0 Å². The molecule has 1 aromatic heterocycles. The highest BCUT2D eigenvalue weighted by atomic mass is 16.6. The number of rotatable bonds is 8. The minimum Gasteiger partial charge on any atom is -0.469 e. The van der Waals surface area contributed by atoms with E-state index >= 15 is 0 Å². The summed E-state index contributed by atoms with van der Waals surface area (Å²) in [4.78, 5) is 51.2. The largest absolute Gasteiger partial charge is 0.469 e. The van der Waals surface area contributed by atoms with Crippen LogP contribution in [0.25, 0.3) is 0 Å². The summed E-state index contributed by atoms with van der Waals surface area (Å²) in [5.74, 6) is -1.71. The second kappa shape index (κ2) is 9.86. The zero-order chi connectivity index (χ0) is 24.2. The van der Waals surface area contributed by atoms with Gasteiger partial charge in [0.15, 0.2) is 17.6 Å². The van der Waals surface area contributed by atoms with E-state index in [4.69, 9.17) is 19.6 Å². The Morgan fingerprint density at radius 1 is 1.24 bits per heavy atom. The van der Waals surface area contributed by atoms with E-state index in [9.17, 15) is 19.2 Å². The van der Waals surface area contributed by atoms with Gasteiger partial charge in [0.25, 0.3) is 0 Å². The van der Waals surface area contributed by atoms with Crippen LogP contribution in [-0.4, -0.2) is 60.4 Å². The van der Waals surface area contributed by atoms with E-state index in [1.54, 1.807) is 0 Å². The summed E-state index contributed by atoms with van der Waals surface area (Å²) in [7, 11) is 1.38. The number of primary amides is 1. The van der Waals surface area contributed by atoms with Gasteiger partial charge in [0.05, 0.1) is 6.26 Å². The molecule has 0 saturated carbocycles. The molecule has 1 aliphatic rings. The summed E-state index contributed by atoms with van der Waals surface area (Å²) in [6.45, 7) is 3.54. The number of furan rings is 1. The van der Waals surface area contributed by atoms with Gasteiger partial charge in [-0.05, 0) is 17.4 Å². The third-order valence-electron chi connectivity index (χ3n) is 5.63. The Hall–Kier alpha value is -3.66. The average molecular weight is 457 g/mol. The quantitative estimate of drug-likeness (QED) is 0.610. The second-order valence-corrected chi connectivity index (χ2v) is 8.49. The molecule has 1 fully saturated rings. The number of Topliss-reactive ketones (excluding diaryl/α,β-unsaturated/α-hetero) is 1. The lowest BCUT2D eigenvalue weighted by Gasteiger charge is -2.34. The number of carbonyl (C=O) groups is 4. The van der Waals surface area contributed by atoms with Crippen LogP contribution in [0.5, 0.6) is 5.75 Å². The summed E-state index contributed by atoms with van der Waals surface area (Å²) in [6, 6.07) is 8.68. The molecular formula is C23H27N3O7. The van der Waals surface area contributed by atoms with Crippen molar-refractivity contribution in [3.05, 3.63) is 54.5 Å². The van der Waals surface area contributed by atoms with Crippen molar-refractivity contribution in [3.8, 4) is 5.75 Å². The fourth-order valence-corrected chi connectivity index (χ4v) is 3.86. The van der Waals surface area contributed by atoms with Crippen LogP contribution in [0.1, 0.15) is 25.8 Å². The maximum atomic E-state index is 13.5. The van der Waals surface area contributed by atoms with E-state index in [-0.39, 0.29) is 18.8 Å². The van der Waals surface area contributed by atoms with Gasteiger partial charge in [0.2, 0.25) is 11.8 Å². The first kappa shape index (κ1) is 24.0. The first-order valence-corrected chi connectivity index (χ1v) is 10.4. The zero-order valence-electron chi connectivity index (χ0n) is 18.6. The van der Waals surface area contributed by atoms with Gasteiger partial charge in [0, 0.05) is 13.1 Å². The van der Waals surface area contributed by atoms with Crippen molar-refractivity contribution in [1.82, 2.24) is 10.2 Å². The number of nitrogens with one attached hydrogen (secondary N) is 1. The highest BCUT2D eigenvalue weighted by Gasteiger charge is 2.45. The number of ketones is 1. The van der Waals surface area contributed by atoms with Gasteiger partial charge >= 0.3 is 6.09 Å². The van der Waals surface area contributed by atoms with Gasteiger partial charge in [0.1, 0.15) is 25.0 Å². The third kappa shape index (κ3) is 5.58. The maximum absolute atomic E-state index is 13.5. The molecule has 0 bridgehead atoms. The highest BCUT2D eigenvalue weighted by molar-refractivity contribution is 5.99. The molecule has 0 radical (unpaired) electrons. The zero-order valence-corrected chi connectivity index (χ0v) is 18.6. The summed E-state index contributed by atoms with van der Waals surface area (Å²) in [6.07, 6.45) is 0.638. The van der Waals surface area contributed by atoms with E-state index in [1.807, 2.05) is 44.2 Å². The van der Waals surface area contributed by atoms with Crippen molar-refractivity contribution in [2.24, 2.45) is 5.73 Å². The van der Waals surface area contributed by atoms with Crippen LogP contribution >= 0.6 is 0 Å². The number of likely N-dealkylation sites (N-methyl/N-ethyl adjacent to an activating group) is 1. The molecule has 2 heterocycles. The molecule has 33 heavy (non-hydrogen) atoms. The van der Waals surface area contributed by atoms with Crippen molar-refractivity contribution >= 4 is 23.7 Å². The molecule has 3 rings (SSSR count). The minimum absolute atomic E-state index is 0.169. The van der Waals surface area contributed by atoms with Gasteiger partial charge in [-0.25, -0.2) is 4.79 Å². The van der Waals surface area contributed by atoms with Crippen molar-refractivity contribution < 1.29 is 33.1 Å². The topological polar surface area (TPSA) is 141 Å². The monoisotopic (exact) mass is 457 g/mol. The molecule has 1 aromatic carbocycles. The lowest BCUT2D eigenvalue weighted by atomic mass is 9.78. The Labute approximate surface area is 191 Å². The number of amides is 3. The molecule has 3 N–H and O–H groups in total. The predicted octanol–water partition coefficient (Wildman–Crippen LogP) is 1.38. The predicted molar refractivity (Wildman–Crippen MR) is 116 cm³/mol. The van der Waals surface area contributed by atoms with Crippen molar-refractivity contribution in [3.63, 3.8) is 0 Å². The third-order valence-corrected chi connectivity index (χ3v) is 5.63. The van der Waals surface area contributed by atoms with Crippen molar-refractivity contribution in [1.29, 1.82) is 0 Å². The second-order valence-electron chi connectivity index (χ2n) is 8.49. The molecule has 2 unspecified atom stereocenters. The number of ether oxygens (including phenoxy) is 2. The van der Waals surface area contributed by atoms with Crippen molar-refractivity contribution in [2.45, 2.75) is 43.9 Å². The number of nitrogens with zero attached hydrogens (tertiary/aromatic N) is 1. The van der Waals surface area contributed by atoms with Crippen LogP contribution in [0.15, 0.2) is 53.3 Å². The highest BCUT2D eigenvalue weighted by Crippen LogP contribution is 2.29. The summed E-state index contributed by atoms with van der Waals surface area (Å²) in [5, 5.41) is 2.58. The first-order chi connectivity index (χ1) is 15.6. The molecule has 3 atom stereocenters. The number of hydrogen-bond acceptors (Lipinski definition) is 7. The van der Waals surface area contributed by atoms with Gasteiger partial charge in [-0.2, -0.15) is 0 Å². The molecule has 10 heteroatoms. The van der Waals surface area contributed by atoms with E-state index in [0.29, 0.717) is 0 Å². The van der Waals surface area contributed by atoms with Gasteiger partial charge in [-0.3, -0.25) is 14.4 Å². The van der Waals surface area contributed by atoms with Gasteiger partial charge < -0.3 is 29.8 Å². The molecule has 2 aromatic rings. The fraction of sp³-hybridized carbons (Fsp3) is 0.391. The Bertz CT molecular complexity index is 1000. The van der Waals surface area contributed by atoms with E-state index < -0.39 is 47.3 Å². The SMILES string of the molecule is CN(C(=O)[C@H](CC(C)(C)c1ccccc1)NC(=O)Oc1ccoc1)C1C(=O)COC1C(N)=O. The van der Waals surface area contributed by atoms with Crippen LogP contribution in [0.3, 0.4) is 0 Å². The molecule has 1 saturated heterocycles. The van der Waals surface area contributed by atoms with Crippen LogP contribution in [0.4, 0.5) is 4.79 Å². The smallest absolute Gasteiger partial charge is 0.413 e. The molecule has 0 aliphatic carbocycles. The number of nitrogens with two attached hydrogens (primary N) is 1. The first-order valence-electron chi connectivity index (χ1n) is 10.4. The lowest BCUT2D eigenvalue weighted by Crippen LogP contribution is -2.57. The summed E-state index contributed by atoms with van der Waals surface area (Å²) >= 11 is 0. The van der Waals surface area contributed by atoms with E-state index in [1.165, 1.54) is 25.6 Å². The Morgan fingerprint density at radius 2 is 1.94 bits per heavy atom. The molecule has 3 amide bonds. The van der Waals surface area contributed by atoms with Crippen molar-refractivity contribution in [2.75, 3.05) is 13.7 Å². The van der Waals surface area contributed by atoms with Crippen LogP contribution in [0, 0.1) is 0 Å². The number of carbonyl (C=O) groups excluding carboxylic acids is 4. The van der Waals surface area contributed by atoms with E-state index in [2.05, 4.69) is 5.32 Å². The average Bonchev–Trinajstić information content (AvgIpc) is 3.42. The fourth-order valence-electron chi connectivity index (χ4n) is 3.86. The normalized spacial score (nSPS) is 19.1. The molecule has 176 valence electrons. The molecule has 0 spiro atoms.